The van der Waals surface area contributed by atoms with Gasteiger partial charge in [-0.15, -0.1) is 5.10 Å². The summed E-state index contributed by atoms with van der Waals surface area (Å²) in [5, 5.41) is 15.3. The molecule has 8 heteroatoms. The topological polar surface area (TPSA) is 61.4 Å². The fourth-order valence-corrected chi connectivity index (χ4v) is 4.97. The van der Waals surface area contributed by atoms with Crippen LogP contribution >= 0.6 is 23.2 Å². The molecule has 1 aliphatic rings. The van der Waals surface area contributed by atoms with Crippen molar-refractivity contribution < 1.29 is 4.79 Å². The number of carbonyl (C=O) groups is 1. The number of carbonyl (C=O) groups excluding carboxylic acids is 1. The molecule has 0 saturated carbocycles. The lowest BCUT2D eigenvalue weighted by atomic mass is 10.0. The van der Waals surface area contributed by atoms with Crippen molar-refractivity contribution in [2.24, 2.45) is 0 Å². The zero-order valence-corrected chi connectivity index (χ0v) is 20.6. The van der Waals surface area contributed by atoms with Crippen molar-refractivity contribution in [3.63, 3.8) is 0 Å². The predicted molar refractivity (Wildman–Crippen MR) is 143 cm³/mol. The normalized spacial score (nSPS) is 14.3. The van der Waals surface area contributed by atoms with Gasteiger partial charge >= 0.3 is 0 Å². The Kier molecular flexibility index (Phi) is 7.13. The molecule has 4 aromatic rings. The summed E-state index contributed by atoms with van der Waals surface area (Å²) >= 11 is 12.1. The number of halogens is 2. The molecular formula is C27H25Cl2N5O. The smallest absolute Gasteiger partial charge is 0.238 e. The summed E-state index contributed by atoms with van der Waals surface area (Å²) < 4.78 is 0. The van der Waals surface area contributed by atoms with E-state index in [0.717, 1.165) is 54.9 Å². The minimum absolute atomic E-state index is 0.0905. The molecule has 1 amide bonds. The van der Waals surface area contributed by atoms with E-state index in [1.54, 1.807) is 18.2 Å². The van der Waals surface area contributed by atoms with Gasteiger partial charge in [-0.1, -0.05) is 77.8 Å². The number of aromatic nitrogens is 2. The number of rotatable bonds is 6. The Balaban J connectivity index is 1.24. The summed E-state index contributed by atoms with van der Waals surface area (Å²) in [7, 11) is 0. The molecule has 5 rings (SSSR count). The number of nitrogens with zero attached hydrogens (tertiary/aromatic N) is 4. The van der Waals surface area contributed by atoms with E-state index in [0.29, 0.717) is 22.3 Å². The molecule has 0 radical (unpaired) electrons. The van der Waals surface area contributed by atoms with Crippen LogP contribution in [-0.2, 0) is 11.2 Å². The number of nitrogens with one attached hydrogen (secondary N) is 1. The summed E-state index contributed by atoms with van der Waals surface area (Å²) in [5.41, 5.74) is 2.79. The quantitative estimate of drug-likeness (QED) is 0.385. The van der Waals surface area contributed by atoms with Crippen molar-refractivity contribution in [2.75, 3.05) is 42.9 Å². The Morgan fingerprint density at radius 3 is 2.20 bits per heavy atom. The third-order valence-electron chi connectivity index (χ3n) is 6.14. The SMILES string of the molecule is O=C(CN1CCN(c2nnc(Cc3ccccc3)c3ccccc23)CC1)Nc1cc(Cl)cc(Cl)c1. The molecule has 0 spiro atoms. The molecule has 178 valence electrons. The highest BCUT2D eigenvalue weighted by atomic mass is 35.5. The van der Waals surface area contributed by atoms with Crippen LogP contribution in [0.1, 0.15) is 11.3 Å². The van der Waals surface area contributed by atoms with Gasteiger partial charge in [-0.05, 0) is 23.8 Å². The highest BCUT2D eigenvalue weighted by molar-refractivity contribution is 6.35. The first kappa shape index (κ1) is 23.5. The number of hydrogen-bond acceptors (Lipinski definition) is 5. The second-order valence-electron chi connectivity index (χ2n) is 8.65. The second-order valence-corrected chi connectivity index (χ2v) is 9.52. The lowest BCUT2D eigenvalue weighted by molar-refractivity contribution is -0.117. The van der Waals surface area contributed by atoms with Crippen LogP contribution in [0.5, 0.6) is 0 Å². The first-order valence-corrected chi connectivity index (χ1v) is 12.3. The van der Waals surface area contributed by atoms with Crippen molar-refractivity contribution in [3.8, 4) is 0 Å². The lowest BCUT2D eigenvalue weighted by Crippen LogP contribution is -2.49. The van der Waals surface area contributed by atoms with Crippen LogP contribution in [0.25, 0.3) is 10.8 Å². The van der Waals surface area contributed by atoms with Gasteiger partial charge in [0.2, 0.25) is 5.91 Å². The summed E-state index contributed by atoms with van der Waals surface area (Å²) in [6, 6.07) is 23.7. The Hall–Kier alpha value is -3.19. The number of fused-ring (bicyclic) bond motifs is 1. The van der Waals surface area contributed by atoms with Gasteiger partial charge in [0.25, 0.3) is 0 Å². The first-order valence-electron chi connectivity index (χ1n) is 11.6. The molecular weight excluding hydrogens is 481 g/mol. The Morgan fingerprint density at radius 2 is 1.49 bits per heavy atom. The van der Waals surface area contributed by atoms with Crippen LogP contribution in [0, 0.1) is 0 Å². The van der Waals surface area contributed by atoms with Crippen molar-refractivity contribution in [2.45, 2.75) is 6.42 Å². The molecule has 1 fully saturated rings. The van der Waals surface area contributed by atoms with Crippen molar-refractivity contribution in [1.29, 1.82) is 0 Å². The third kappa shape index (κ3) is 5.73. The van der Waals surface area contributed by atoms with Crippen molar-refractivity contribution in [3.05, 3.63) is 94.1 Å². The average molecular weight is 506 g/mol. The maximum Gasteiger partial charge on any atom is 0.238 e. The van der Waals surface area contributed by atoms with Gasteiger partial charge in [0.1, 0.15) is 0 Å². The monoisotopic (exact) mass is 505 g/mol. The van der Waals surface area contributed by atoms with E-state index in [4.69, 9.17) is 23.2 Å². The van der Waals surface area contributed by atoms with E-state index >= 15 is 0 Å². The van der Waals surface area contributed by atoms with E-state index in [1.165, 1.54) is 5.56 Å². The summed E-state index contributed by atoms with van der Waals surface area (Å²) in [6.07, 6.45) is 0.745. The number of hydrogen-bond donors (Lipinski definition) is 1. The fraction of sp³-hybridized carbons (Fsp3) is 0.222. The van der Waals surface area contributed by atoms with Gasteiger partial charge in [-0.25, -0.2) is 0 Å². The molecule has 0 bridgehead atoms. The van der Waals surface area contributed by atoms with Crippen LogP contribution in [-0.4, -0.2) is 53.7 Å². The number of anilines is 2. The van der Waals surface area contributed by atoms with E-state index in [9.17, 15) is 4.79 Å². The molecule has 1 aromatic heterocycles. The van der Waals surface area contributed by atoms with Gasteiger partial charge in [0.15, 0.2) is 5.82 Å². The molecule has 6 nitrogen and oxygen atoms in total. The number of benzene rings is 3. The van der Waals surface area contributed by atoms with Crippen molar-refractivity contribution >= 4 is 51.4 Å². The molecule has 3 aromatic carbocycles. The molecule has 1 aliphatic heterocycles. The largest absolute Gasteiger partial charge is 0.352 e. The van der Waals surface area contributed by atoms with Gasteiger partial charge in [-0.3, -0.25) is 9.69 Å². The van der Waals surface area contributed by atoms with Gasteiger partial charge in [-0.2, -0.15) is 5.10 Å². The summed E-state index contributed by atoms with van der Waals surface area (Å²) in [5.74, 6) is 0.808. The molecule has 0 unspecified atom stereocenters. The average Bonchev–Trinajstić information content (AvgIpc) is 2.85. The maximum absolute atomic E-state index is 12.5. The molecule has 1 N–H and O–H groups in total. The molecule has 0 atom stereocenters. The summed E-state index contributed by atoms with van der Waals surface area (Å²) in [6.45, 7) is 3.36. The maximum atomic E-state index is 12.5. The molecule has 2 heterocycles. The third-order valence-corrected chi connectivity index (χ3v) is 6.58. The summed E-state index contributed by atoms with van der Waals surface area (Å²) in [4.78, 5) is 16.9. The predicted octanol–water partition coefficient (Wildman–Crippen LogP) is 5.29. The van der Waals surface area contributed by atoms with Crippen LogP contribution in [0.15, 0.2) is 72.8 Å². The van der Waals surface area contributed by atoms with E-state index in [2.05, 4.69) is 49.6 Å². The Bertz CT molecular complexity index is 1320. The van der Waals surface area contributed by atoms with Gasteiger partial charge < -0.3 is 10.2 Å². The number of piperazine rings is 1. The lowest BCUT2D eigenvalue weighted by Gasteiger charge is -2.35. The van der Waals surface area contributed by atoms with E-state index < -0.39 is 0 Å². The highest BCUT2D eigenvalue weighted by Crippen LogP contribution is 2.28. The number of amides is 1. The van der Waals surface area contributed by atoms with Crippen molar-refractivity contribution in [1.82, 2.24) is 15.1 Å². The van der Waals surface area contributed by atoms with Crippen LogP contribution in [0.2, 0.25) is 10.0 Å². The van der Waals surface area contributed by atoms with Crippen LogP contribution in [0.3, 0.4) is 0 Å². The molecule has 1 saturated heterocycles. The standard InChI is InChI=1S/C27H25Cl2N5O/c28-20-15-21(29)17-22(16-20)30-26(35)18-33-10-12-34(13-11-33)27-24-9-5-4-8-23(24)25(31-32-27)14-19-6-2-1-3-7-19/h1-9,15-17H,10-14,18H2,(H,30,35). The Morgan fingerprint density at radius 1 is 0.829 bits per heavy atom. The molecule has 0 aliphatic carbocycles. The first-order chi connectivity index (χ1) is 17.0. The highest BCUT2D eigenvalue weighted by Gasteiger charge is 2.22. The zero-order valence-electron chi connectivity index (χ0n) is 19.1. The van der Waals surface area contributed by atoms with Crippen LogP contribution in [0.4, 0.5) is 11.5 Å². The van der Waals surface area contributed by atoms with E-state index in [1.807, 2.05) is 30.3 Å². The minimum Gasteiger partial charge on any atom is -0.352 e. The fourth-order valence-electron chi connectivity index (χ4n) is 4.45. The van der Waals surface area contributed by atoms with Gasteiger partial charge in [0, 0.05) is 59.1 Å². The zero-order chi connectivity index (χ0) is 24.2. The Labute approximate surface area is 214 Å². The second kappa shape index (κ2) is 10.6. The minimum atomic E-state index is -0.0905. The van der Waals surface area contributed by atoms with E-state index in [-0.39, 0.29) is 5.91 Å². The molecule has 35 heavy (non-hydrogen) atoms. The van der Waals surface area contributed by atoms with Crippen LogP contribution < -0.4 is 10.2 Å². The van der Waals surface area contributed by atoms with Gasteiger partial charge in [0.05, 0.1) is 12.2 Å².